The molecule has 1 atom stereocenters. The molecule has 0 aliphatic carbocycles. The predicted octanol–water partition coefficient (Wildman–Crippen LogP) is 10.1. The van der Waals surface area contributed by atoms with Gasteiger partial charge in [-0.15, -0.1) is 11.8 Å². The number of amides is 3. The molecule has 0 saturated heterocycles. The van der Waals surface area contributed by atoms with Crippen LogP contribution in [0.3, 0.4) is 0 Å². The molecule has 264 valence electrons. The van der Waals surface area contributed by atoms with Gasteiger partial charge in [0.2, 0.25) is 5.91 Å². The average Bonchev–Trinajstić information content (AvgIpc) is 3.19. The smallest absolute Gasteiger partial charge is 0.272 e. The Morgan fingerprint density at radius 2 is 1.38 bits per heavy atom. The van der Waals surface area contributed by atoms with Crippen molar-refractivity contribution in [2.45, 2.75) is 23.7 Å². The van der Waals surface area contributed by atoms with Crippen LogP contribution < -0.4 is 20.7 Å². The first-order chi connectivity index (χ1) is 25.8. The number of anilines is 2. The maximum absolute atomic E-state index is 13.8. The summed E-state index contributed by atoms with van der Waals surface area (Å²) in [7, 11) is 0. The molecule has 0 fully saturated rings. The zero-order chi connectivity index (χ0) is 37.0. The third-order valence-electron chi connectivity index (χ3n) is 8.09. The van der Waals surface area contributed by atoms with Crippen LogP contribution in [-0.4, -0.2) is 17.7 Å². The molecule has 7 nitrogen and oxygen atoms in total. The summed E-state index contributed by atoms with van der Waals surface area (Å²) in [5.41, 5.74) is 5.01. The molecule has 9 heteroatoms. The second-order valence-electron chi connectivity index (χ2n) is 12.1. The first kappa shape index (κ1) is 36.7. The lowest BCUT2D eigenvalue weighted by Gasteiger charge is -2.18. The molecule has 6 aromatic carbocycles. The van der Waals surface area contributed by atoms with Crippen LogP contribution in [0.5, 0.6) is 5.75 Å². The Balaban J connectivity index is 1.20. The van der Waals surface area contributed by atoms with E-state index >= 15 is 0 Å². The normalized spacial score (nSPS) is 11.6. The number of thioether (sulfide) groups is 1. The van der Waals surface area contributed by atoms with Crippen LogP contribution in [0.1, 0.15) is 37.9 Å². The van der Waals surface area contributed by atoms with Crippen LogP contribution in [0.4, 0.5) is 11.4 Å². The van der Waals surface area contributed by atoms with Crippen LogP contribution >= 0.6 is 23.4 Å². The molecule has 0 aromatic heterocycles. The van der Waals surface area contributed by atoms with Gasteiger partial charge in [0, 0.05) is 26.9 Å². The minimum atomic E-state index is -0.609. The Morgan fingerprint density at radius 1 is 0.717 bits per heavy atom. The summed E-state index contributed by atoms with van der Waals surface area (Å²) in [6.07, 6.45) is 1.61. The van der Waals surface area contributed by atoms with E-state index < -0.39 is 17.1 Å². The van der Waals surface area contributed by atoms with Crippen molar-refractivity contribution in [1.82, 2.24) is 5.32 Å². The molecule has 0 heterocycles. The van der Waals surface area contributed by atoms with Gasteiger partial charge in [0.25, 0.3) is 11.8 Å². The Morgan fingerprint density at radius 3 is 2.08 bits per heavy atom. The lowest BCUT2D eigenvalue weighted by atomic mass is 10.1. The third-order valence-corrected chi connectivity index (χ3v) is 9.75. The number of carbonyl (C=O) groups is 3. The molecule has 0 spiro atoms. The van der Waals surface area contributed by atoms with Crippen molar-refractivity contribution in [2.24, 2.45) is 0 Å². The fourth-order valence-corrected chi connectivity index (χ4v) is 6.54. The minimum Gasteiger partial charge on any atom is -0.489 e. The summed E-state index contributed by atoms with van der Waals surface area (Å²) in [5.74, 6) is -0.495. The monoisotopic (exact) mass is 737 g/mol. The molecule has 53 heavy (non-hydrogen) atoms. The molecular weight excluding hydrogens is 702 g/mol. The highest BCUT2D eigenvalue weighted by atomic mass is 35.5. The van der Waals surface area contributed by atoms with Crippen LogP contribution in [-0.2, 0) is 16.2 Å². The molecular formula is C44H36ClN3O4S. The maximum atomic E-state index is 13.8. The molecule has 0 aliphatic rings. The molecule has 0 radical (unpaired) electrons. The standard InChI is InChI=1S/C44H36ClN3O4S/c1-30-20-23-36(28-39(30)45)47-44(51)41(33-14-7-3-8-15-33)53-38-19-11-18-35(27-38)46-43(50)40(48-42(49)34-16-9-4-10-17-34)26-31-21-24-37(25-22-31)52-29-32-12-5-2-6-13-32/h2-28,41H,29H2,1H3,(H,46,50)(H,47,51)(H,48,49)/b40-26+. The quantitative estimate of drug-likeness (QED) is 0.0810. The molecule has 3 amide bonds. The summed E-state index contributed by atoms with van der Waals surface area (Å²) >= 11 is 7.67. The number of carbonyl (C=O) groups excluding carboxylic acids is 3. The van der Waals surface area contributed by atoms with Crippen molar-refractivity contribution in [2.75, 3.05) is 10.6 Å². The number of nitrogens with one attached hydrogen (secondary N) is 3. The zero-order valence-corrected chi connectivity index (χ0v) is 30.4. The zero-order valence-electron chi connectivity index (χ0n) is 28.8. The van der Waals surface area contributed by atoms with Crippen LogP contribution in [0.2, 0.25) is 5.02 Å². The highest BCUT2D eigenvalue weighted by Gasteiger charge is 2.23. The van der Waals surface area contributed by atoms with Gasteiger partial charge < -0.3 is 20.7 Å². The highest BCUT2D eigenvalue weighted by molar-refractivity contribution is 8.00. The van der Waals surface area contributed by atoms with Gasteiger partial charge >= 0.3 is 0 Å². The van der Waals surface area contributed by atoms with Gasteiger partial charge in [-0.2, -0.15) is 0 Å². The van der Waals surface area contributed by atoms with E-state index in [0.29, 0.717) is 39.9 Å². The summed E-state index contributed by atoms with van der Waals surface area (Å²) in [4.78, 5) is 41.5. The summed E-state index contributed by atoms with van der Waals surface area (Å²) in [6.45, 7) is 2.32. The number of benzene rings is 6. The molecule has 0 aliphatic heterocycles. The summed E-state index contributed by atoms with van der Waals surface area (Å²) in [5, 5.41) is 8.66. The summed E-state index contributed by atoms with van der Waals surface area (Å²) in [6, 6.07) is 47.9. The van der Waals surface area contributed by atoms with E-state index in [4.69, 9.17) is 16.3 Å². The van der Waals surface area contributed by atoms with Crippen LogP contribution in [0, 0.1) is 6.92 Å². The second kappa shape index (κ2) is 17.9. The molecule has 6 aromatic rings. The van der Waals surface area contributed by atoms with Gasteiger partial charge in [-0.25, -0.2) is 0 Å². The maximum Gasteiger partial charge on any atom is 0.272 e. The lowest BCUT2D eigenvalue weighted by Crippen LogP contribution is -2.30. The van der Waals surface area contributed by atoms with Crippen molar-refractivity contribution in [3.8, 4) is 5.75 Å². The van der Waals surface area contributed by atoms with E-state index in [0.717, 1.165) is 21.6 Å². The van der Waals surface area contributed by atoms with E-state index in [1.807, 2.05) is 116 Å². The van der Waals surface area contributed by atoms with Gasteiger partial charge in [-0.1, -0.05) is 115 Å². The number of ether oxygens (including phenoxy) is 1. The number of hydrogen-bond donors (Lipinski definition) is 3. The minimum absolute atomic E-state index is 0.0492. The topological polar surface area (TPSA) is 96.5 Å². The fourth-order valence-electron chi connectivity index (χ4n) is 5.27. The van der Waals surface area contributed by atoms with Crippen molar-refractivity contribution < 1.29 is 19.1 Å². The van der Waals surface area contributed by atoms with Gasteiger partial charge in [0.1, 0.15) is 23.3 Å². The van der Waals surface area contributed by atoms with E-state index in [9.17, 15) is 14.4 Å². The lowest BCUT2D eigenvalue weighted by molar-refractivity contribution is -0.116. The predicted molar refractivity (Wildman–Crippen MR) is 214 cm³/mol. The number of aryl methyl sites for hydroxylation is 1. The Hall–Kier alpha value is -6.09. The molecule has 6 rings (SSSR count). The number of hydrogen-bond acceptors (Lipinski definition) is 5. The Kier molecular flexibility index (Phi) is 12.4. The second-order valence-corrected chi connectivity index (χ2v) is 13.7. The van der Waals surface area contributed by atoms with Crippen LogP contribution in [0.25, 0.3) is 6.08 Å². The Bertz CT molecular complexity index is 2210. The van der Waals surface area contributed by atoms with Crippen molar-refractivity contribution in [1.29, 1.82) is 0 Å². The third kappa shape index (κ3) is 10.5. The van der Waals surface area contributed by atoms with E-state index in [1.165, 1.54) is 11.8 Å². The molecule has 0 saturated carbocycles. The van der Waals surface area contributed by atoms with Crippen molar-refractivity contribution >= 4 is 58.5 Å². The first-order valence-corrected chi connectivity index (χ1v) is 18.1. The van der Waals surface area contributed by atoms with Gasteiger partial charge in [0.05, 0.1) is 0 Å². The number of rotatable bonds is 13. The number of halogens is 1. The van der Waals surface area contributed by atoms with E-state index in [-0.39, 0.29) is 11.6 Å². The fraction of sp³-hybridized carbons (Fsp3) is 0.0682. The first-order valence-electron chi connectivity index (χ1n) is 16.9. The molecule has 0 bridgehead atoms. The Labute approximate surface area is 318 Å². The van der Waals surface area contributed by atoms with Crippen molar-refractivity contribution in [3.63, 3.8) is 0 Å². The SMILES string of the molecule is Cc1ccc(NC(=O)C(Sc2cccc(NC(=O)/C(=C\c3ccc(OCc4ccccc4)cc3)NC(=O)c3ccccc3)c2)c2ccccc2)cc1Cl. The average molecular weight is 738 g/mol. The van der Waals surface area contributed by atoms with Gasteiger partial charge in [-0.05, 0) is 89.9 Å². The molecule has 1 unspecified atom stereocenters. The van der Waals surface area contributed by atoms with Gasteiger partial charge in [0.15, 0.2) is 0 Å². The summed E-state index contributed by atoms with van der Waals surface area (Å²) < 4.78 is 5.92. The van der Waals surface area contributed by atoms with Gasteiger partial charge in [-0.3, -0.25) is 14.4 Å². The van der Waals surface area contributed by atoms with Crippen molar-refractivity contribution in [3.05, 3.63) is 196 Å². The highest BCUT2D eigenvalue weighted by Crippen LogP contribution is 2.37. The molecule has 3 N–H and O–H groups in total. The van der Waals surface area contributed by atoms with Crippen LogP contribution in [0.15, 0.2) is 168 Å². The largest absolute Gasteiger partial charge is 0.489 e. The van der Waals surface area contributed by atoms with E-state index in [1.54, 1.807) is 54.6 Å². The van der Waals surface area contributed by atoms with E-state index in [2.05, 4.69) is 16.0 Å².